The highest BCUT2D eigenvalue weighted by atomic mass is 19.4. The van der Waals surface area contributed by atoms with Crippen molar-refractivity contribution < 1.29 is 37.8 Å². The standard InChI is InChI=1S/C27H29N5O4.C2HF3O2/c33-24(31-22(26(35)36)14-7-15-28-27-29-16-17-30-27)21-13-8-18-32(25(21)34)23(19-9-3-1-4-10-19)20-11-5-2-6-12-20;3-2(4,5)1(6)7/h1-6,8-13,18,22-23H,7,14-17H2,(H,31,33)(H,35,36)(H2,28,29,30);(H,6,7)/t22-;/m0./s1. The minimum absolute atomic E-state index is 0.108. The van der Waals surface area contributed by atoms with Gasteiger partial charge in [0.15, 0.2) is 5.96 Å². The maximum absolute atomic E-state index is 13.5. The number of carboxylic acids is 2. The van der Waals surface area contributed by atoms with Crippen LogP contribution in [0.5, 0.6) is 0 Å². The van der Waals surface area contributed by atoms with Crippen LogP contribution in [-0.2, 0) is 9.59 Å². The molecule has 43 heavy (non-hydrogen) atoms. The molecule has 2 aromatic carbocycles. The lowest BCUT2D eigenvalue weighted by Crippen LogP contribution is -2.44. The fraction of sp³-hybridized carbons (Fsp3) is 0.276. The number of carboxylic acid groups (broad SMARTS) is 2. The van der Waals surface area contributed by atoms with E-state index < -0.39 is 41.7 Å². The van der Waals surface area contributed by atoms with Crippen LogP contribution in [0, 0.1) is 0 Å². The maximum Gasteiger partial charge on any atom is 0.490 e. The molecule has 2 heterocycles. The Labute approximate surface area is 244 Å². The number of hydrogen-bond acceptors (Lipinski definition) is 7. The quantitative estimate of drug-likeness (QED) is 0.222. The summed E-state index contributed by atoms with van der Waals surface area (Å²) in [7, 11) is 0. The van der Waals surface area contributed by atoms with Gasteiger partial charge in [-0.25, -0.2) is 9.59 Å². The summed E-state index contributed by atoms with van der Waals surface area (Å²) in [4.78, 5) is 51.4. The summed E-state index contributed by atoms with van der Waals surface area (Å²) in [5.74, 6) is -3.92. The van der Waals surface area contributed by atoms with Crippen LogP contribution in [0.25, 0.3) is 0 Å². The van der Waals surface area contributed by atoms with Gasteiger partial charge < -0.3 is 30.7 Å². The zero-order chi connectivity index (χ0) is 31.4. The Morgan fingerprint density at radius 2 is 1.53 bits per heavy atom. The first-order chi connectivity index (χ1) is 20.5. The number of pyridine rings is 1. The Hall–Kier alpha value is -5.14. The SMILES string of the molecule is O=C(N[C@@H](CCCNC1=NCCN1)C(=O)O)c1cccn(C(c2ccccc2)c2ccccc2)c1=O.O=C(O)C(F)(F)F. The van der Waals surface area contributed by atoms with Gasteiger partial charge in [0.05, 0.1) is 12.6 Å². The minimum Gasteiger partial charge on any atom is -0.480 e. The van der Waals surface area contributed by atoms with Crippen LogP contribution in [0.2, 0.25) is 0 Å². The van der Waals surface area contributed by atoms with Crippen LogP contribution >= 0.6 is 0 Å². The number of aliphatic imine (C=N–C) groups is 1. The second-order valence-corrected chi connectivity index (χ2v) is 9.25. The molecule has 228 valence electrons. The Balaban J connectivity index is 0.000000646. The van der Waals surface area contributed by atoms with Gasteiger partial charge in [-0.05, 0) is 36.1 Å². The van der Waals surface area contributed by atoms with E-state index in [9.17, 15) is 32.7 Å². The van der Waals surface area contributed by atoms with Crippen LogP contribution in [0.3, 0.4) is 0 Å². The van der Waals surface area contributed by atoms with Crippen molar-refractivity contribution in [3.63, 3.8) is 0 Å². The number of nitrogens with zero attached hydrogens (tertiary/aromatic N) is 2. The second kappa shape index (κ2) is 15.2. The molecule has 1 aliphatic heterocycles. The lowest BCUT2D eigenvalue weighted by molar-refractivity contribution is -0.192. The van der Waals surface area contributed by atoms with E-state index in [1.54, 1.807) is 12.3 Å². The number of rotatable bonds is 10. The van der Waals surface area contributed by atoms with E-state index >= 15 is 0 Å². The Kier molecular flexibility index (Phi) is 11.4. The summed E-state index contributed by atoms with van der Waals surface area (Å²) in [5.41, 5.74) is 1.17. The van der Waals surface area contributed by atoms with E-state index in [4.69, 9.17) is 9.90 Å². The van der Waals surface area contributed by atoms with Gasteiger partial charge in [0.1, 0.15) is 11.6 Å². The molecule has 4 rings (SSSR count). The normalized spacial score (nSPS) is 13.2. The highest BCUT2D eigenvalue weighted by molar-refractivity contribution is 5.96. The number of alkyl halides is 3. The monoisotopic (exact) mass is 601 g/mol. The predicted octanol–water partition coefficient (Wildman–Crippen LogP) is 2.63. The van der Waals surface area contributed by atoms with Crippen LogP contribution in [-0.4, -0.2) is 70.4 Å². The molecule has 0 saturated carbocycles. The number of carbonyl (C=O) groups is 3. The maximum atomic E-state index is 13.5. The zero-order valence-electron chi connectivity index (χ0n) is 22.8. The number of guanidine groups is 1. The fourth-order valence-electron chi connectivity index (χ4n) is 4.19. The van der Waals surface area contributed by atoms with Crippen molar-refractivity contribution in [1.82, 2.24) is 20.5 Å². The van der Waals surface area contributed by atoms with Gasteiger partial charge in [-0.2, -0.15) is 13.2 Å². The minimum atomic E-state index is -5.08. The third-order valence-corrected chi connectivity index (χ3v) is 6.21. The van der Waals surface area contributed by atoms with Crippen molar-refractivity contribution >= 4 is 23.8 Å². The van der Waals surface area contributed by atoms with Gasteiger partial charge in [-0.15, -0.1) is 0 Å². The molecule has 0 fully saturated rings. The average molecular weight is 602 g/mol. The number of nitrogens with one attached hydrogen (secondary N) is 3. The topological polar surface area (TPSA) is 162 Å². The van der Waals surface area contributed by atoms with Gasteiger partial charge in [0.2, 0.25) is 0 Å². The number of amides is 1. The van der Waals surface area contributed by atoms with E-state index in [1.165, 1.54) is 10.6 Å². The molecule has 3 aromatic rings. The summed E-state index contributed by atoms with van der Waals surface area (Å²) in [6, 6.07) is 20.6. The molecule has 0 bridgehead atoms. The molecule has 0 spiro atoms. The third-order valence-electron chi connectivity index (χ3n) is 6.21. The number of aromatic nitrogens is 1. The number of aliphatic carboxylic acids is 2. The smallest absolute Gasteiger partial charge is 0.480 e. The van der Waals surface area contributed by atoms with Crippen molar-refractivity contribution in [3.8, 4) is 0 Å². The molecule has 0 unspecified atom stereocenters. The van der Waals surface area contributed by atoms with Gasteiger partial charge in [0.25, 0.3) is 11.5 Å². The van der Waals surface area contributed by atoms with Crippen LogP contribution in [0.15, 0.2) is 88.8 Å². The molecule has 0 saturated heterocycles. The number of hydrogen-bond donors (Lipinski definition) is 5. The van der Waals surface area contributed by atoms with Crippen molar-refractivity contribution in [2.45, 2.75) is 31.1 Å². The molecule has 0 radical (unpaired) electrons. The molecular formula is C29H30F3N5O6. The van der Waals surface area contributed by atoms with Crippen molar-refractivity contribution in [1.29, 1.82) is 0 Å². The number of carbonyl (C=O) groups excluding carboxylic acids is 1. The molecular weight excluding hydrogens is 571 g/mol. The van der Waals surface area contributed by atoms with E-state index in [0.717, 1.165) is 17.7 Å². The molecule has 14 heteroatoms. The molecule has 1 aliphatic rings. The summed E-state index contributed by atoms with van der Waals surface area (Å²) < 4.78 is 33.2. The van der Waals surface area contributed by atoms with E-state index in [0.29, 0.717) is 25.5 Å². The zero-order valence-corrected chi connectivity index (χ0v) is 22.8. The average Bonchev–Trinajstić information content (AvgIpc) is 3.50. The number of halogens is 3. The van der Waals surface area contributed by atoms with E-state index in [2.05, 4.69) is 20.9 Å². The Bertz CT molecular complexity index is 1440. The summed E-state index contributed by atoms with van der Waals surface area (Å²) in [6.45, 7) is 2.00. The van der Waals surface area contributed by atoms with Gasteiger partial charge >= 0.3 is 18.1 Å². The summed E-state index contributed by atoms with van der Waals surface area (Å²) in [5, 5.41) is 25.5. The summed E-state index contributed by atoms with van der Waals surface area (Å²) in [6.07, 6.45) is -2.73. The van der Waals surface area contributed by atoms with Gasteiger partial charge in [0, 0.05) is 19.3 Å². The fourth-order valence-corrected chi connectivity index (χ4v) is 4.19. The van der Waals surface area contributed by atoms with Crippen LogP contribution < -0.4 is 21.5 Å². The second-order valence-electron chi connectivity index (χ2n) is 9.25. The number of benzene rings is 2. The van der Waals surface area contributed by atoms with Crippen LogP contribution in [0.1, 0.15) is 40.4 Å². The van der Waals surface area contributed by atoms with E-state index in [-0.39, 0.29) is 12.0 Å². The lowest BCUT2D eigenvalue weighted by atomic mass is 9.98. The highest BCUT2D eigenvalue weighted by Gasteiger charge is 2.38. The predicted molar refractivity (Wildman–Crippen MR) is 151 cm³/mol. The van der Waals surface area contributed by atoms with E-state index in [1.807, 2.05) is 60.7 Å². The van der Waals surface area contributed by atoms with Gasteiger partial charge in [-0.1, -0.05) is 60.7 Å². The molecule has 1 atom stereocenters. The van der Waals surface area contributed by atoms with Crippen LogP contribution in [0.4, 0.5) is 13.2 Å². The summed E-state index contributed by atoms with van der Waals surface area (Å²) >= 11 is 0. The molecule has 1 amide bonds. The first-order valence-corrected chi connectivity index (χ1v) is 13.2. The highest BCUT2D eigenvalue weighted by Crippen LogP contribution is 2.25. The molecule has 1 aromatic heterocycles. The van der Waals surface area contributed by atoms with Crippen molar-refractivity contribution in [2.24, 2.45) is 4.99 Å². The Morgan fingerprint density at radius 3 is 2.02 bits per heavy atom. The molecule has 5 N–H and O–H groups in total. The largest absolute Gasteiger partial charge is 0.490 e. The first-order valence-electron chi connectivity index (χ1n) is 13.2. The van der Waals surface area contributed by atoms with Crippen molar-refractivity contribution in [3.05, 3.63) is 106 Å². The first kappa shape index (κ1) is 32.4. The molecule has 0 aliphatic carbocycles. The third kappa shape index (κ3) is 9.45. The lowest BCUT2D eigenvalue weighted by Gasteiger charge is -2.22. The molecule has 11 nitrogen and oxygen atoms in total. The van der Waals surface area contributed by atoms with Crippen molar-refractivity contribution in [2.75, 3.05) is 19.6 Å². The Morgan fingerprint density at radius 1 is 0.953 bits per heavy atom. The van der Waals surface area contributed by atoms with Gasteiger partial charge in [-0.3, -0.25) is 14.6 Å².